The molecule has 0 saturated carbocycles. The minimum atomic E-state index is -0.500. The van der Waals surface area contributed by atoms with Crippen LogP contribution < -0.4 is 4.74 Å². The number of carbonyl (C=O) groups excluding carboxylic acids is 2. The van der Waals surface area contributed by atoms with Crippen LogP contribution in [-0.2, 0) is 9.53 Å². The van der Waals surface area contributed by atoms with Gasteiger partial charge in [-0.3, -0.25) is 14.9 Å². The molecular formula is C18H15NO6. The van der Waals surface area contributed by atoms with Gasteiger partial charge in [-0.15, -0.1) is 0 Å². The van der Waals surface area contributed by atoms with E-state index >= 15 is 0 Å². The Hall–Kier alpha value is -3.48. The molecule has 0 heterocycles. The summed E-state index contributed by atoms with van der Waals surface area (Å²) < 4.78 is 9.65. The van der Waals surface area contributed by atoms with Gasteiger partial charge in [0.2, 0.25) is 0 Å². The highest BCUT2D eigenvalue weighted by atomic mass is 16.6. The molecule has 0 atom stereocenters. The van der Waals surface area contributed by atoms with E-state index in [1.807, 2.05) is 0 Å². The zero-order chi connectivity index (χ0) is 18.2. The van der Waals surface area contributed by atoms with E-state index in [0.717, 1.165) is 0 Å². The van der Waals surface area contributed by atoms with Crippen LogP contribution >= 0.6 is 0 Å². The number of nitrogens with zero attached hydrogens (tertiary/aromatic N) is 1. The third-order valence-electron chi connectivity index (χ3n) is 3.23. The molecule has 7 heteroatoms. The number of ether oxygens (including phenoxy) is 2. The van der Waals surface area contributed by atoms with Crippen molar-refractivity contribution in [3.05, 3.63) is 75.8 Å². The lowest BCUT2D eigenvalue weighted by atomic mass is 10.1. The number of methoxy groups -OCH3 is 1. The first-order chi connectivity index (χ1) is 12.0. The molecule has 0 aromatic heterocycles. The van der Waals surface area contributed by atoms with Gasteiger partial charge in [0.25, 0.3) is 5.69 Å². The summed E-state index contributed by atoms with van der Waals surface area (Å²) in [6.07, 6.45) is 2.85. The Balaban J connectivity index is 2.02. The van der Waals surface area contributed by atoms with Gasteiger partial charge in [0.15, 0.2) is 12.4 Å². The number of esters is 1. The summed E-state index contributed by atoms with van der Waals surface area (Å²) >= 11 is 0. The first kappa shape index (κ1) is 17.9. The van der Waals surface area contributed by atoms with Gasteiger partial charge in [-0.05, 0) is 35.9 Å². The highest BCUT2D eigenvalue weighted by Crippen LogP contribution is 2.16. The van der Waals surface area contributed by atoms with E-state index in [2.05, 4.69) is 4.74 Å². The molecule has 0 radical (unpaired) electrons. The van der Waals surface area contributed by atoms with Crippen LogP contribution in [0.25, 0.3) is 6.08 Å². The highest BCUT2D eigenvalue weighted by Gasteiger charge is 2.06. The van der Waals surface area contributed by atoms with Crippen molar-refractivity contribution in [2.45, 2.75) is 0 Å². The lowest BCUT2D eigenvalue weighted by Crippen LogP contribution is -2.12. The average Bonchev–Trinajstić information content (AvgIpc) is 2.64. The SMILES string of the molecule is COC(=O)COc1ccc(C(=O)/C=C/c2cccc([N+](=O)[O-])c2)cc1. The number of nitro benzene ring substituents is 1. The summed E-state index contributed by atoms with van der Waals surface area (Å²) in [6.45, 7) is -0.212. The van der Waals surface area contributed by atoms with Gasteiger partial charge in [0.1, 0.15) is 5.75 Å². The molecule has 0 amide bonds. The van der Waals surface area contributed by atoms with Gasteiger partial charge < -0.3 is 9.47 Å². The Kier molecular flexibility index (Phi) is 6.00. The molecule has 0 unspecified atom stereocenters. The summed E-state index contributed by atoms with van der Waals surface area (Å²) in [5.41, 5.74) is 0.939. The second-order valence-corrected chi connectivity index (χ2v) is 4.94. The minimum Gasteiger partial charge on any atom is -0.482 e. The Morgan fingerprint density at radius 3 is 2.52 bits per heavy atom. The normalized spacial score (nSPS) is 10.4. The lowest BCUT2D eigenvalue weighted by Gasteiger charge is -2.04. The predicted octanol–water partition coefficient (Wildman–Crippen LogP) is 3.04. The number of rotatable bonds is 7. The first-order valence-corrected chi connectivity index (χ1v) is 7.26. The number of non-ortho nitro benzene ring substituents is 1. The summed E-state index contributed by atoms with van der Waals surface area (Å²) in [6, 6.07) is 12.2. The Bertz CT molecular complexity index is 811. The van der Waals surface area contributed by atoms with E-state index in [1.54, 1.807) is 36.4 Å². The number of nitro groups is 1. The van der Waals surface area contributed by atoms with Gasteiger partial charge in [0, 0.05) is 17.7 Å². The van der Waals surface area contributed by atoms with Gasteiger partial charge in [-0.25, -0.2) is 4.79 Å². The number of hydrogen-bond donors (Lipinski definition) is 0. The maximum absolute atomic E-state index is 12.1. The fourth-order valence-corrected chi connectivity index (χ4v) is 1.93. The zero-order valence-corrected chi connectivity index (χ0v) is 13.4. The maximum Gasteiger partial charge on any atom is 0.343 e. The molecule has 0 saturated heterocycles. The smallest absolute Gasteiger partial charge is 0.343 e. The second kappa shape index (κ2) is 8.39. The van der Waals surface area contributed by atoms with Crippen molar-refractivity contribution in [3.63, 3.8) is 0 Å². The van der Waals surface area contributed by atoms with E-state index in [-0.39, 0.29) is 18.1 Å². The first-order valence-electron chi connectivity index (χ1n) is 7.26. The molecule has 0 bridgehead atoms. The Morgan fingerprint density at radius 2 is 1.88 bits per heavy atom. The summed E-state index contributed by atoms with van der Waals surface area (Å²) in [7, 11) is 1.27. The van der Waals surface area contributed by atoms with Gasteiger partial charge >= 0.3 is 5.97 Å². The summed E-state index contributed by atoms with van der Waals surface area (Å²) in [5.74, 6) is -0.323. The van der Waals surface area contributed by atoms with Crippen LogP contribution in [0.5, 0.6) is 5.75 Å². The topological polar surface area (TPSA) is 95.7 Å². The number of benzene rings is 2. The monoisotopic (exact) mass is 341 g/mol. The highest BCUT2D eigenvalue weighted by molar-refractivity contribution is 6.06. The van der Waals surface area contributed by atoms with Gasteiger partial charge in [-0.2, -0.15) is 0 Å². The number of allylic oxidation sites excluding steroid dienone is 1. The number of ketones is 1. The predicted molar refractivity (Wildman–Crippen MR) is 90.4 cm³/mol. The molecule has 2 rings (SSSR count). The molecule has 2 aromatic rings. The molecule has 0 spiro atoms. The molecule has 7 nitrogen and oxygen atoms in total. The maximum atomic E-state index is 12.1. The fraction of sp³-hybridized carbons (Fsp3) is 0.111. The molecule has 128 valence electrons. The Morgan fingerprint density at radius 1 is 1.16 bits per heavy atom. The van der Waals surface area contributed by atoms with E-state index < -0.39 is 10.9 Å². The average molecular weight is 341 g/mol. The number of carbonyl (C=O) groups is 2. The Labute approximate surface area is 143 Å². The molecular weight excluding hydrogens is 326 g/mol. The summed E-state index contributed by atoms with van der Waals surface area (Å²) in [4.78, 5) is 33.4. The largest absolute Gasteiger partial charge is 0.482 e. The van der Waals surface area contributed by atoms with Crippen molar-refractivity contribution in [2.24, 2.45) is 0 Å². The van der Waals surface area contributed by atoms with Crippen molar-refractivity contribution in [1.82, 2.24) is 0 Å². The number of hydrogen-bond acceptors (Lipinski definition) is 6. The van der Waals surface area contributed by atoms with Gasteiger partial charge in [-0.1, -0.05) is 18.2 Å². The quantitative estimate of drug-likeness (QED) is 0.252. The van der Waals surface area contributed by atoms with E-state index in [0.29, 0.717) is 16.9 Å². The van der Waals surface area contributed by atoms with Crippen LogP contribution in [0.2, 0.25) is 0 Å². The minimum absolute atomic E-state index is 0.0401. The fourth-order valence-electron chi connectivity index (χ4n) is 1.93. The standard InChI is InChI=1S/C18H15NO6/c1-24-18(21)12-25-16-8-6-14(7-9-16)17(20)10-5-13-3-2-4-15(11-13)19(22)23/h2-11H,12H2,1H3/b10-5+. The molecule has 2 aromatic carbocycles. The van der Waals surface area contributed by atoms with Gasteiger partial charge in [0.05, 0.1) is 12.0 Å². The van der Waals surface area contributed by atoms with E-state index in [1.165, 1.54) is 31.4 Å². The summed E-state index contributed by atoms with van der Waals surface area (Å²) in [5, 5.41) is 10.7. The van der Waals surface area contributed by atoms with Crippen LogP contribution in [0, 0.1) is 10.1 Å². The van der Waals surface area contributed by atoms with Crippen LogP contribution in [0.3, 0.4) is 0 Å². The lowest BCUT2D eigenvalue weighted by molar-refractivity contribution is -0.384. The second-order valence-electron chi connectivity index (χ2n) is 4.94. The van der Waals surface area contributed by atoms with Crippen LogP contribution in [0.4, 0.5) is 5.69 Å². The van der Waals surface area contributed by atoms with Crippen molar-refractivity contribution < 1.29 is 24.0 Å². The van der Waals surface area contributed by atoms with E-state index in [4.69, 9.17) is 4.74 Å². The molecule has 0 aliphatic rings. The van der Waals surface area contributed by atoms with E-state index in [9.17, 15) is 19.7 Å². The van der Waals surface area contributed by atoms with Crippen LogP contribution in [0.15, 0.2) is 54.6 Å². The zero-order valence-electron chi connectivity index (χ0n) is 13.4. The van der Waals surface area contributed by atoms with Crippen molar-refractivity contribution >= 4 is 23.5 Å². The van der Waals surface area contributed by atoms with Crippen molar-refractivity contribution in [2.75, 3.05) is 13.7 Å². The molecule has 25 heavy (non-hydrogen) atoms. The van der Waals surface area contributed by atoms with Crippen molar-refractivity contribution in [1.29, 1.82) is 0 Å². The third kappa shape index (κ3) is 5.28. The molecule has 0 aliphatic heterocycles. The third-order valence-corrected chi connectivity index (χ3v) is 3.23. The molecule has 0 aliphatic carbocycles. The van der Waals surface area contributed by atoms with Crippen LogP contribution in [-0.4, -0.2) is 30.4 Å². The molecule has 0 N–H and O–H groups in total. The molecule has 0 fully saturated rings. The van der Waals surface area contributed by atoms with Crippen LogP contribution in [0.1, 0.15) is 15.9 Å². The van der Waals surface area contributed by atoms with Crippen molar-refractivity contribution in [3.8, 4) is 5.75 Å².